The Morgan fingerprint density at radius 1 is 0.724 bits per heavy atom. The SMILES string of the molecule is CCCCCCCCCCCCCCCCCCOC(=O)c1ccccc1O.[Ba]. The molecule has 1 aromatic carbocycles. The number of esters is 1. The molecule has 0 aliphatic carbocycles. The van der Waals surface area contributed by atoms with Gasteiger partial charge in [0.05, 0.1) is 6.61 Å². The number of unbranched alkanes of at least 4 members (excludes halogenated alkanes) is 15. The number of hydrogen-bond donors (Lipinski definition) is 1. The molecule has 0 amide bonds. The van der Waals surface area contributed by atoms with Gasteiger partial charge < -0.3 is 9.84 Å². The van der Waals surface area contributed by atoms with Crippen LogP contribution in [0, 0.1) is 0 Å². The van der Waals surface area contributed by atoms with E-state index < -0.39 is 5.97 Å². The van der Waals surface area contributed by atoms with Crippen molar-refractivity contribution >= 4 is 54.9 Å². The van der Waals surface area contributed by atoms with Gasteiger partial charge in [0.1, 0.15) is 11.3 Å². The Morgan fingerprint density at radius 3 is 1.59 bits per heavy atom. The van der Waals surface area contributed by atoms with Crippen LogP contribution < -0.4 is 0 Å². The van der Waals surface area contributed by atoms with Crippen LogP contribution in [0.4, 0.5) is 0 Å². The summed E-state index contributed by atoms with van der Waals surface area (Å²) in [7, 11) is 0. The Labute approximate surface area is 219 Å². The van der Waals surface area contributed by atoms with E-state index in [1.807, 2.05) is 0 Å². The number of ether oxygens (including phenoxy) is 1. The molecule has 1 N–H and O–H groups in total. The Balaban J connectivity index is 0.00000784. The summed E-state index contributed by atoms with van der Waals surface area (Å²) in [5, 5.41) is 9.62. The van der Waals surface area contributed by atoms with Crippen LogP contribution in [0.5, 0.6) is 5.75 Å². The van der Waals surface area contributed by atoms with Crippen molar-refractivity contribution in [2.45, 2.75) is 110 Å². The molecule has 4 heteroatoms. The van der Waals surface area contributed by atoms with Crippen LogP contribution >= 0.6 is 0 Å². The molecule has 0 aliphatic rings. The summed E-state index contributed by atoms with van der Waals surface area (Å²) in [6.07, 6.45) is 21.3. The third kappa shape index (κ3) is 16.4. The topological polar surface area (TPSA) is 46.5 Å². The van der Waals surface area contributed by atoms with Crippen molar-refractivity contribution in [3.8, 4) is 5.75 Å². The maximum atomic E-state index is 11.8. The zero-order chi connectivity index (χ0) is 20.3. The Bertz CT molecular complexity index is 505. The standard InChI is InChI=1S/C25H42O3.Ba/c1-2-3-4-5-6-7-8-9-10-11-12-13-14-15-16-19-22-28-25(27)23-20-17-18-21-24(23)26;/h17-18,20-21,26H,2-16,19,22H2,1H3;. The number of rotatable bonds is 18. The first-order valence-electron chi connectivity index (χ1n) is 11.7. The third-order valence-electron chi connectivity index (χ3n) is 5.36. The van der Waals surface area contributed by atoms with Gasteiger partial charge in [-0.15, -0.1) is 0 Å². The summed E-state index contributed by atoms with van der Waals surface area (Å²) in [5.41, 5.74) is 0.249. The molecule has 0 aromatic heterocycles. The van der Waals surface area contributed by atoms with Crippen LogP contribution in [0.2, 0.25) is 0 Å². The Morgan fingerprint density at radius 2 is 1.14 bits per heavy atom. The number of hydrogen-bond acceptors (Lipinski definition) is 3. The molecule has 0 fully saturated rings. The Kier molecular flexibility index (Phi) is 21.3. The van der Waals surface area contributed by atoms with Gasteiger partial charge in [-0.2, -0.15) is 0 Å². The van der Waals surface area contributed by atoms with E-state index in [1.54, 1.807) is 18.2 Å². The first-order chi connectivity index (χ1) is 13.8. The molecule has 0 heterocycles. The molecule has 3 nitrogen and oxygen atoms in total. The number of aromatic hydroxyl groups is 1. The smallest absolute Gasteiger partial charge is 0.341 e. The zero-order valence-corrected chi connectivity index (χ0v) is 23.2. The molecule has 0 saturated carbocycles. The molecule has 29 heavy (non-hydrogen) atoms. The van der Waals surface area contributed by atoms with Crippen LogP contribution in [0.1, 0.15) is 120 Å². The van der Waals surface area contributed by atoms with Crippen molar-refractivity contribution in [3.05, 3.63) is 29.8 Å². The fourth-order valence-electron chi connectivity index (χ4n) is 3.54. The van der Waals surface area contributed by atoms with E-state index in [4.69, 9.17) is 4.74 Å². The second kappa shape index (κ2) is 21.3. The molecule has 0 atom stereocenters. The molecule has 0 aliphatic heterocycles. The minimum absolute atomic E-state index is 0. The molecule has 1 rings (SSSR count). The maximum absolute atomic E-state index is 11.8. The first kappa shape index (κ1) is 29.1. The third-order valence-corrected chi connectivity index (χ3v) is 5.36. The Hall–Kier alpha value is 0.0614. The van der Waals surface area contributed by atoms with Crippen molar-refractivity contribution < 1.29 is 14.6 Å². The predicted molar refractivity (Wildman–Crippen MR) is 124 cm³/mol. The average Bonchev–Trinajstić information content (AvgIpc) is 2.70. The fourth-order valence-corrected chi connectivity index (χ4v) is 3.54. The van der Waals surface area contributed by atoms with Gasteiger partial charge in [0.15, 0.2) is 0 Å². The predicted octanol–water partition coefficient (Wildman–Crippen LogP) is 7.43. The molecule has 0 unspecified atom stereocenters. The van der Waals surface area contributed by atoms with Crippen LogP contribution in [-0.4, -0.2) is 66.6 Å². The van der Waals surface area contributed by atoms with E-state index in [2.05, 4.69) is 6.92 Å². The van der Waals surface area contributed by atoms with E-state index in [-0.39, 0.29) is 60.2 Å². The van der Waals surface area contributed by atoms with Gasteiger partial charge in [0.2, 0.25) is 0 Å². The summed E-state index contributed by atoms with van der Waals surface area (Å²) >= 11 is 0. The molecule has 162 valence electrons. The van der Waals surface area contributed by atoms with E-state index in [0.29, 0.717) is 6.61 Å². The van der Waals surface area contributed by atoms with Crippen molar-refractivity contribution in [2.75, 3.05) is 6.61 Å². The molecular weight excluding hydrogens is 486 g/mol. The van der Waals surface area contributed by atoms with E-state index in [1.165, 1.54) is 96.0 Å². The number of carbonyl (C=O) groups is 1. The summed E-state index contributed by atoms with van der Waals surface area (Å²) in [5.74, 6) is -0.446. The molecule has 1 aromatic rings. The van der Waals surface area contributed by atoms with Crippen LogP contribution in [0.3, 0.4) is 0 Å². The van der Waals surface area contributed by atoms with Crippen molar-refractivity contribution in [3.63, 3.8) is 0 Å². The largest absolute Gasteiger partial charge is 0.507 e. The number of para-hydroxylation sites is 1. The summed E-state index contributed by atoms with van der Waals surface area (Å²) in [4.78, 5) is 11.8. The first-order valence-corrected chi connectivity index (χ1v) is 11.7. The van der Waals surface area contributed by atoms with Crippen LogP contribution in [-0.2, 0) is 4.74 Å². The molecular formula is C25H42BaO3. The molecule has 2 radical (unpaired) electrons. The minimum Gasteiger partial charge on any atom is -0.507 e. The van der Waals surface area contributed by atoms with Crippen LogP contribution in [0.15, 0.2) is 24.3 Å². The molecule has 0 spiro atoms. The zero-order valence-electron chi connectivity index (χ0n) is 18.8. The summed E-state index contributed by atoms with van der Waals surface area (Å²) < 4.78 is 5.23. The second-order valence-corrected chi connectivity index (χ2v) is 7.96. The molecule has 0 bridgehead atoms. The van der Waals surface area contributed by atoms with E-state index in [0.717, 1.165) is 12.8 Å². The van der Waals surface area contributed by atoms with Crippen molar-refractivity contribution in [1.82, 2.24) is 0 Å². The number of benzene rings is 1. The molecule has 0 saturated heterocycles. The number of phenols is 1. The van der Waals surface area contributed by atoms with Gasteiger partial charge >= 0.3 is 5.97 Å². The summed E-state index contributed by atoms with van der Waals surface area (Å²) in [6.45, 7) is 2.71. The van der Waals surface area contributed by atoms with E-state index in [9.17, 15) is 9.90 Å². The summed E-state index contributed by atoms with van der Waals surface area (Å²) in [6, 6.07) is 6.52. The normalized spacial score (nSPS) is 10.5. The second-order valence-electron chi connectivity index (χ2n) is 7.96. The monoisotopic (exact) mass is 528 g/mol. The number of phenolic OH excluding ortho intramolecular Hbond substituents is 1. The number of carbonyl (C=O) groups excluding carboxylic acids is 1. The minimum atomic E-state index is -0.431. The maximum Gasteiger partial charge on any atom is 0.341 e. The van der Waals surface area contributed by atoms with Crippen LogP contribution in [0.25, 0.3) is 0 Å². The fraction of sp³-hybridized carbons (Fsp3) is 0.720. The van der Waals surface area contributed by atoms with Crippen molar-refractivity contribution in [2.24, 2.45) is 0 Å². The van der Waals surface area contributed by atoms with Gasteiger partial charge in [-0.25, -0.2) is 4.79 Å². The van der Waals surface area contributed by atoms with Gasteiger partial charge in [-0.05, 0) is 18.6 Å². The van der Waals surface area contributed by atoms with Gasteiger partial charge in [0, 0.05) is 48.9 Å². The quantitative estimate of drug-likeness (QED) is 0.123. The van der Waals surface area contributed by atoms with Gasteiger partial charge in [0.25, 0.3) is 0 Å². The van der Waals surface area contributed by atoms with Gasteiger partial charge in [-0.1, -0.05) is 115 Å². The van der Waals surface area contributed by atoms with Crippen molar-refractivity contribution in [1.29, 1.82) is 0 Å². The van der Waals surface area contributed by atoms with Gasteiger partial charge in [-0.3, -0.25) is 0 Å². The van der Waals surface area contributed by atoms with E-state index >= 15 is 0 Å². The average molecular weight is 528 g/mol.